The van der Waals surface area contributed by atoms with Crippen LogP contribution in [0.4, 0.5) is 5.69 Å². The average Bonchev–Trinajstić information content (AvgIpc) is 2.57. The summed E-state index contributed by atoms with van der Waals surface area (Å²) in [5.74, 6) is 1.91. The summed E-state index contributed by atoms with van der Waals surface area (Å²) in [7, 11) is 1.60. The fourth-order valence-electron chi connectivity index (χ4n) is 1.96. The molecule has 1 amide bonds. The maximum Gasteiger partial charge on any atom is 0.265 e. The molecule has 0 radical (unpaired) electrons. The van der Waals surface area contributed by atoms with E-state index in [9.17, 15) is 4.79 Å². The number of hydrogen-bond donors (Lipinski definition) is 1. The van der Waals surface area contributed by atoms with E-state index >= 15 is 0 Å². The second-order valence-corrected chi connectivity index (χ2v) is 4.88. The van der Waals surface area contributed by atoms with Gasteiger partial charge in [-0.25, -0.2) is 0 Å². The third-order valence-electron chi connectivity index (χ3n) is 3.17. The average molecular weight is 315 g/mol. The van der Waals surface area contributed by atoms with Crippen molar-refractivity contribution in [2.75, 3.05) is 19.0 Å². The van der Waals surface area contributed by atoms with E-state index in [1.807, 2.05) is 19.1 Å². The number of amides is 1. The number of nitrogens with one attached hydrogen (secondary N) is 1. The Bertz CT molecular complexity index is 622. The van der Waals surface area contributed by atoms with E-state index in [0.29, 0.717) is 18.0 Å². The summed E-state index contributed by atoms with van der Waals surface area (Å²) in [6.45, 7) is 4.24. The first-order valence-corrected chi connectivity index (χ1v) is 7.46. The highest BCUT2D eigenvalue weighted by Gasteiger charge is 2.15. The Morgan fingerprint density at radius 1 is 1.00 bits per heavy atom. The molecule has 1 N–H and O–H groups in total. The molecule has 5 nitrogen and oxygen atoms in total. The molecule has 0 heterocycles. The molecule has 2 aromatic carbocycles. The van der Waals surface area contributed by atoms with Crippen LogP contribution in [0.5, 0.6) is 17.2 Å². The molecule has 0 saturated carbocycles. The van der Waals surface area contributed by atoms with Crippen LogP contribution in [0, 0.1) is 0 Å². The van der Waals surface area contributed by atoms with Gasteiger partial charge in [0.25, 0.3) is 5.91 Å². The van der Waals surface area contributed by atoms with Crippen LogP contribution in [0.15, 0.2) is 48.5 Å². The van der Waals surface area contributed by atoms with Gasteiger partial charge in [-0.2, -0.15) is 0 Å². The summed E-state index contributed by atoms with van der Waals surface area (Å²) in [6, 6.07) is 14.3. The van der Waals surface area contributed by atoms with Crippen molar-refractivity contribution < 1.29 is 19.0 Å². The molecule has 23 heavy (non-hydrogen) atoms. The topological polar surface area (TPSA) is 56.8 Å². The highest BCUT2D eigenvalue weighted by Crippen LogP contribution is 2.19. The van der Waals surface area contributed by atoms with Gasteiger partial charge in [-0.15, -0.1) is 0 Å². The normalized spacial score (nSPS) is 11.4. The zero-order chi connectivity index (χ0) is 16.7. The van der Waals surface area contributed by atoms with E-state index in [4.69, 9.17) is 14.2 Å². The molecule has 0 bridgehead atoms. The lowest BCUT2D eigenvalue weighted by atomic mass is 10.2. The van der Waals surface area contributed by atoms with E-state index in [0.717, 1.165) is 11.5 Å². The Hall–Kier alpha value is -2.69. The van der Waals surface area contributed by atoms with Gasteiger partial charge in [0.05, 0.1) is 13.7 Å². The molecule has 0 aliphatic carbocycles. The van der Waals surface area contributed by atoms with Gasteiger partial charge in [-0.1, -0.05) is 0 Å². The van der Waals surface area contributed by atoms with Gasteiger partial charge in [0.15, 0.2) is 6.10 Å². The molecule has 2 rings (SSSR count). The fraction of sp³-hybridized carbons (Fsp3) is 0.278. The number of rotatable bonds is 7. The number of hydrogen-bond acceptors (Lipinski definition) is 4. The molecule has 122 valence electrons. The maximum atomic E-state index is 12.1. The highest BCUT2D eigenvalue weighted by molar-refractivity contribution is 5.94. The Labute approximate surface area is 136 Å². The van der Waals surface area contributed by atoms with Gasteiger partial charge < -0.3 is 19.5 Å². The molecular weight excluding hydrogens is 294 g/mol. The van der Waals surface area contributed by atoms with E-state index in [1.54, 1.807) is 50.4 Å². The van der Waals surface area contributed by atoms with Crippen molar-refractivity contribution in [2.45, 2.75) is 20.0 Å². The van der Waals surface area contributed by atoms with Crippen LogP contribution in [0.2, 0.25) is 0 Å². The summed E-state index contributed by atoms with van der Waals surface area (Å²) in [4.78, 5) is 12.1. The van der Waals surface area contributed by atoms with Crippen LogP contribution in [0.1, 0.15) is 13.8 Å². The largest absolute Gasteiger partial charge is 0.497 e. The number of anilines is 1. The number of methoxy groups -OCH3 is 1. The fourth-order valence-corrected chi connectivity index (χ4v) is 1.96. The van der Waals surface area contributed by atoms with Crippen molar-refractivity contribution in [3.05, 3.63) is 48.5 Å². The molecule has 2 aromatic rings. The van der Waals surface area contributed by atoms with Crippen molar-refractivity contribution in [3.8, 4) is 17.2 Å². The van der Waals surface area contributed by atoms with Crippen LogP contribution in [-0.2, 0) is 4.79 Å². The molecule has 0 spiro atoms. The van der Waals surface area contributed by atoms with Crippen molar-refractivity contribution in [3.63, 3.8) is 0 Å². The van der Waals surface area contributed by atoms with Crippen LogP contribution in [0.3, 0.4) is 0 Å². The summed E-state index contributed by atoms with van der Waals surface area (Å²) in [6.07, 6.45) is -0.616. The van der Waals surface area contributed by atoms with Gasteiger partial charge in [-0.05, 0) is 62.4 Å². The predicted molar refractivity (Wildman–Crippen MR) is 89.3 cm³/mol. The standard InChI is InChI=1S/C18H21NO4/c1-4-22-16-9-11-17(12-10-16)23-13(2)18(20)19-14-5-7-15(21-3)8-6-14/h5-13H,4H2,1-3H3,(H,19,20). The minimum atomic E-state index is -0.616. The van der Waals surface area contributed by atoms with Crippen LogP contribution < -0.4 is 19.5 Å². The SMILES string of the molecule is CCOc1ccc(OC(C)C(=O)Nc2ccc(OC)cc2)cc1. The lowest BCUT2D eigenvalue weighted by Gasteiger charge is -2.15. The van der Waals surface area contributed by atoms with E-state index in [-0.39, 0.29) is 5.91 Å². The first kappa shape index (κ1) is 16.7. The smallest absolute Gasteiger partial charge is 0.265 e. The van der Waals surface area contributed by atoms with Gasteiger partial charge in [0.1, 0.15) is 17.2 Å². The van der Waals surface area contributed by atoms with Crippen molar-refractivity contribution in [2.24, 2.45) is 0 Å². The van der Waals surface area contributed by atoms with Gasteiger partial charge in [-0.3, -0.25) is 4.79 Å². The molecule has 5 heteroatoms. The summed E-state index contributed by atoms with van der Waals surface area (Å²) in [5.41, 5.74) is 0.693. The third kappa shape index (κ3) is 4.92. The van der Waals surface area contributed by atoms with Gasteiger partial charge in [0, 0.05) is 5.69 Å². The Morgan fingerprint density at radius 2 is 1.57 bits per heavy atom. The lowest BCUT2D eigenvalue weighted by Crippen LogP contribution is -2.30. The first-order chi connectivity index (χ1) is 11.1. The quantitative estimate of drug-likeness (QED) is 0.849. The second kappa shape index (κ2) is 8.08. The second-order valence-electron chi connectivity index (χ2n) is 4.88. The Balaban J connectivity index is 1.90. The van der Waals surface area contributed by atoms with Crippen molar-refractivity contribution >= 4 is 11.6 Å². The minimum Gasteiger partial charge on any atom is -0.497 e. The maximum absolute atomic E-state index is 12.1. The minimum absolute atomic E-state index is 0.218. The predicted octanol–water partition coefficient (Wildman–Crippen LogP) is 3.50. The summed E-state index contributed by atoms with van der Waals surface area (Å²) in [5, 5.41) is 2.80. The molecule has 1 atom stereocenters. The van der Waals surface area contributed by atoms with Crippen LogP contribution in [-0.4, -0.2) is 25.7 Å². The molecule has 0 aliphatic rings. The Kier molecular flexibility index (Phi) is 5.86. The number of carbonyl (C=O) groups excluding carboxylic acids is 1. The van der Waals surface area contributed by atoms with Gasteiger partial charge >= 0.3 is 0 Å². The molecule has 1 unspecified atom stereocenters. The summed E-state index contributed by atoms with van der Waals surface area (Å²) >= 11 is 0. The number of carbonyl (C=O) groups is 1. The van der Waals surface area contributed by atoms with Crippen LogP contribution >= 0.6 is 0 Å². The van der Waals surface area contributed by atoms with Crippen LogP contribution in [0.25, 0.3) is 0 Å². The summed E-state index contributed by atoms with van der Waals surface area (Å²) < 4.78 is 16.1. The highest BCUT2D eigenvalue weighted by atomic mass is 16.5. The number of benzene rings is 2. The Morgan fingerprint density at radius 3 is 2.13 bits per heavy atom. The molecule has 0 fully saturated rings. The lowest BCUT2D eigenvalue weighted by molar-refractivity contribution is -0.122. The monoisotopic (exact) mass is 315 g/mol. The van der Waals surface area contributed by atoms with E-state index < -0.39 is 6.10 Å². The molecule has 0 saturated heterocycles. The van der Waals surface area contributed by atoms with Gasteiger partial charge in [0.2, 0.25) is 0 Å². The molecule has 0 aromatic heterocycles. The zero-order valence-corrected chi connectivity index (χ0v) is 13.5. The third-order valence-corrected chi connectivity index (χ3v) is 3.17. The van der Waals surface area contributed by atoms with Crippen molar-refractivity contribution in [1.29, 1.82) is 0 Å². The van der Waals surface area contributed by atoms with E-state index in [2.05, 4.69) is 5.32 Å². The zero-order valence-electron chi connectivity index (χ0n) is 13.5. The van der Waals surface area contributed by atoms with E-state index in [1.165, 1.54) is 0 Å². The first-order valence-electron chi connectivity index (χ1n) is 7.46. The number of ether oxygens (including phenoxy) is 3. The van der Waals surface area contributed by atoms with Crippen molar-refractivity contribution in [1.82, 2.24) is 0 Å². The molecule has 0 aliphatic heterocycles. The molecular formula is C18H21NO4.